The summed E-state index contributed by atoms with van der Waals surface area (Å²) in [7, 11) is 0. The zero-order chi connectivity index (χ0) is 45.7. The van der Waals surface area contributed by atoms with Gasteiger partial charge in [-0.15, -0.1) is 11.3 Å². The maximum absolute atomic E-state index is 6.85. The van der Waals surface area contributed by atoms with Crippen molar-refractivity contribution >= 4 is 87.0 Å². The summed E-state index contributed by atoms with van der Waals surface area (Å²) in [5.41, 5.74) is 17.9. The van der Waals surface area contributed by atoms with Gasteiger partial charge in [0, 0.05) is 58.4 Å². The van der Waals surface area contributed by atoms with Crippen LogP contribution in [0.5, 0.6) is 0 Å². The number of fused-ring (bicyclic) bond motifs is 19. The van der Waals surface area contributed by atoms with E-state index in [1.165, 1.54) is 70.1 Å². The molecule has 1 N–H and O–H groups in total. The zero-order valence-corrected chi connectivity index (χ0v) is 38.3. The molecule has 0 amide bonds. The third-order valence-electron chi connectivity index (χ3n) is 15.3. The molecule has 1 atom stereocenters. The molecule has 1 aliphatic heterocycles. The lowest BCUT2D eigenvalue weighted by Gasteiger charge is -2.30. The van der Waals surface area contributed by atoms with E-state index in [1.807, 2.05) is 11.3 Å². The summed E-state index contributed by atoms with van der Waals surface area (Å²) in [6, 6.07) is 79.5. The molecule has 0 saturated heterocycles. The molecule has 1 spiro atoms. The van der Waals surface area contributed by atoms with E-state index < -0.39 is 11.6 Å². The van der Waals surface area contributed by atoms with E-state index in [0.717, 1.165) is 66.4 Å². The van der Waals surface area contributed by atoms with Crippen molar-refractivity contribution in [2.24, 2.45) is 9.98 Å². The topological polar surface area (TPSA) is 54.8 Å². The molecule has 6 heteroatoms. The number of rotatable bonds is 3. The number of hydrogen-bond donors (Lipinski definition) is 1. The standard InChI is InChI=1S/C64H38N4OS/c1-2-16-37(17-3-1)39-23-14-24-45-44-33-32-38(34-56(44)69-60(39)45)61-65-62(47-25-15-31-58-59(47)46-22-8-13-30-57(46)70-58)67-63(66-61)68-54-29-12-7-21-43(54)49-35-48-42-20-6-11-28-52(42)64(53(48)36-55(49)68)50-26-9-4-18-40(50)41-19-5-10-27-51(41)64/h1-36,61H,(H,65,66,67). The minimum atomic E-state index is -0.500. The summed E-state index contributed by atoms with van der Waals surface area (Å²) in [5, 5.41) is 10.8. The van der Waals surface area contributed by atoms with E-state index in [9.17, 15) is 0 Å². The fourth-order valence-electron chi connectivity index (χ4n) is 12.4. The van der Waals surface area contributed by atoms with Crippen molar-refractivity contribution in [2.75, 3.05) is 0 Å². The van der Waals surface area contributed by atoms with Gasteiger partial charge in [-0.1, -0.05) is 182 Å². The van der Waals surface area contributed by atoms with Crippen LogP contribution in [0.2, 0.25) is 0 Å². The highest BCUT2D eigenvalue weighted by Crippen LogP contribution is 2.63. The highest BCUT2D eigenvalue weighted by atomic mass is 32.1. The highest BCUT2D eigenvalue weighted by Gasteiger charge is 2.51. The van der Waals surface area contributed by atoms with Crippen LogP contribution in [0.1, 0.15) is 39.5 Å². The van der Waals surface area contributed by atoms with E-state index >= 15 is 0 Å². The summed E-state index contributed by atoms with van der Waals surface area (Å²) in [5.74, 6) is 1.39. The van der Waals surface area contributed by atoms with Crippen LogP contribution in [0, 0.1) is 0 Å². The first-order valence-electron chi connectivity index (χ1n) is 23.9. The molecule has 0 fully saturated rings. The normalized spacial score (nSPS) is 15.4. The van der Waals surface area contributed by atoms with Gasteiger partial charge in [0.05, 0.1) is 16.4 Å². The molecule has 70 heavy (non-hydrogen) atoms. The molecule has 4 heterocycles. The van der Waals surface area contributed by atoms with Crippen molar-refractivity contribution in [1.82, 2.24) is 9.88 Å². The molecule has 3 aliphatic rings. The largest absolute Gasteiger partial charge is 0.455 e. The van der Waals surface area contributed by atoms with E-state index in [4.69, 9.17) is 14.4 Å². The van der Waals surface area contributed by atoms with Crippen LogP contribution < -0.4 is 5.32 Å². The molecule has 0 radical (unpaired) electrons. The van der Waals surface area contributed by atoms with Crippen LogP contribution in [0.4, 0.5) is 0 Å². The van der Waals surface area contributed by atoms with Gasteiger partial charge in [0.2, 0.25) is 5.96 Å². The Morgan fingerprint density at radius 1 is 0.457 bits per heavy atom. The number of hydrogen-bond acceptors (Lipinski definition) is 5. The number of aliphatic imine (C=N–C) groups is 2. The van der Waals surface area contributed by atoms with Gasteiger partial charge in [-0.25, -0.2) is 4.99 Å². The predicted octanol–water partition coefficient (Wildman–Crippen LogP) is 16.0. The Bertz CT molecular complexity index is 4430. The molecule has 0 saturated carbocycles. The third kappa shape index (κ3) is 5.05. The molecule has 5 nitrogen and oxygen atoms in total. The molecule has 1 unspecified atom stereocenters. The molecule has 326 valence electrons. The van der Waals surface area contributed by atoms with Crippen molar-refractivity contribution in [3.8, 4) is 33.4 Å². The van der Waals surface area contributed by atoms with Crippen LogP contribution in [0.15, 0.2) is 233 Å². The van der Waals surface area contributed by atoms with Gasteiger partial charge in [-0.05, 0) is 86.5 Å². The second kappa shape index (κ2) is 14.1. The molecule has 13 aromatic rings. The van der Waals surface area contributed by atoms with Gasteiger partial charge >= 0.3 is 0 Å². The number of nitrogens with zero attached hydrogens (tertiary/aromatic N) is 3. The Morgan fingerprint density at radius 3 is 1.89 bits per heavy atom. The maximum Gasteiger partial charge on any atom is 0.234 e. The number of thiophene rings is 1. The Morgan fingerprint density at radius 2 is 1.09 bits per heavy atom. The fraction of sp³-hybridized carbons (Fsp3) is 0.0312. The van der Waals surface area contributed by atoms with Gasteiger partial charge in [-0.2, -0.15) is 4.99 Å². The van der Waals surface area contributed by atoms with Gasteiger partial charge in [0.25, 0.3) is 0 Å². The van der Waals surface area contributed by atoms with Crippen LogP contribution in [-0.2, 0) is 5.41 Å². The van der Waals surface area contributed by atoms with Crippen molar-refractivity contribution < 1.29 is 4.42 Å². The SMILES string of the molecule is c1ccc(-c2cccc3c2oc2cc(C4N=C(n5c6ccccc6c6cc7c(cc65)C5(c6ccccc6-c6ccccc65)c5ccccc5-7)N=C(c5cccc6sc7ccccc7c56)N4)ccc23)cc1. The second-order valence-electron chi connectivity index (χ2n) is 18.8. The molecule has 2 aliphatic carbocycles. The molecular formula is C64H38N4OS. The van der Waals surface area contributed by atoms with E-state index in [2.05, 4.69) is 228 Å². The van der Waals surface area contributed by atoms with Gasteiger partial charge in [0.1, 0.15) is 23.2 Å². The molecule has 10 aromatic carbocycles. The second-order valence-corrected chi connectivity index (χ2v) is 19.9. The van der Waals surface area contributed by atoms with Crippen molar-refractivity contribution in [3.05, 3.63) is 252 Å². The average molecular weight is 911 g/mol. The Labute approximate surface area is 406 Å². The first kappa shape index (κ1) is 38.2. The molecule has 0 bridgehead atoms. The number of amidine groups is 1. The minimum absolute atomic E-state index is 0.497. The smallest absolute Gasteiger partial charge is 0.234 e. The van der Waals surface area contributed by atoms with Crippen LogP contribution in [-0.4, -0.2) is 16.4 Å². The van der Waals surface area contributed by atoms with Crippen molar-refractivity contribution in [2.45, 2.75) is 11.6 Å². The molecule has 3 aromatic heterocycles. The van der Waals surface area contributed by atoms with E-state index in [0.29, 0.717) is 5.96 Å². The predicted molar refractivity (Wildman–Crippen MR) is 289 cm³/mol. The summed E-state index contributed by atoms with van der Waals surface area (Å²) >= 11 is 1.82. The Kier molecular flexibility index (Phi) is 7.69. The highest BCUT2D eigenvalue weighted by molar-refractivity contribution is 7.25. The lowest BCUT2D eigenvalue weighted by atomic mass is 9.70. The first-order valence-corrected chi connectivity index (χ1v) is 24.7. The third-order valence-corrected chi connectivity index (χ3v) is 16.4. The Balaban J connectivity index is 0.961. The van der Waals surface area contributed by atoms with Crippen molar-refractivity contribution in [1.29, 1.82) is 0 Å². The number of aromatic nitrogens is 1. The summed E-state index contributed by atoms with van der Waals surface area (Å²) in [6.45, 7) is 0. The minimum Gasteiger partial charge on any atom is -0.455 e. The fourth-order valence-corrected chi connectivity index (χ4v) is 13.5. The zero-order valence-electron chi connectivity index (χ0n) is 37.5. The lowest BCUT2D eigenvalue weighted by molar-refractivity contribution is 0.653. The van der Waals surface area contributed by atoms with Crippen LogP contribution in [0.25, 0.3) is 97.3 Å². The summed E-state index contributed by atoms with van der Waals surface area (Å²) < 4.78 is 11.6. The average Bonchev–Trinajstić information content (AvgIpc) is 4.22. The van der Waals surface area contributed by atoms with Gasteiger partial charge in [-0.3, -0.25) is 4.57 Å². The lowest BCUT2D eigenvalue weighted by Crippen LogP contribution is -2.35. The van der Waals surface area contributed by atoms with E-state index in [-0.39, 0.29) is 0 Å². The summed E-state index contributed by atoms with van der Waals surface area (Å²) in [4.78, 5) is 11.3. The number of furan rings is 1. The molecule has 16 rings (SSSR count). The maximum atomic E-state index is 6.85. The molecular weight excluding hydrogens is 873 g/mol. The monoisotopic (exact) mass is 910 g/mol. The van der Waals surface area contributed by atoms with Crippen molar-refractivity contribution in [3.63, 3.8) is 0 Å². The Hall–Kier alpha value is -8.84. The van der Waals surface area contributed by atoms with E-state index in [1.54, 1.807) is 0 Å². The van der Waals surface area contributed by atoms with Gasteiger partial charge in [0.15, 0.2) is 0 Å². The number of para-hydroxylation sites is 2. The van der Waals surface area contributed by atoms with Crippen LogP contribution >= 0.6 is 11.3 Å². The van der Waals surface area contributed by atoms with Crippen LogP contribution in [0.3, 0.4) is 0 Å². The first-order chi connectivity index (χ1) is 34.7. The quantitative estimate of drug-likeness (QED) is 0.192. The number of nitrogens with one attached hydrogen (secondary N) is 1. The van der Waals surface area contributed by atoms with Gasteiger partial charge < -0.3 is 9.73 Å². The summed E-state index contributed by atoms with van der Waals surface area (Å²) in [6.07, 6.45) is -0.497. The number of benzene rings is 10.